The smallest absolute Gasteiger partial charge is 0.243 e. The van der Waals surface area contributed by atoms with Crippen molar-refractivity contribution >= 4 is 15.9 Å². The van der Waals surface area contributed by atoms with Crippen molar-refractivity contribution < 1.29 is 13.2 Å². The summed E-state index contributed by atoms with van der Waals surface area (Å²) in [5, 5.41) is 3.01. The third-order valence-corrected chi connectivity index (χ3v) is 9.83. The van der Waals surface area contributed by atoms with Crippen molar-refractivity contribution in [3.8, 4) is 11.1 Å². The number of amides is 1. The van der Waals surface area contributed by atoms with E-state index in [1.165, 1.54) is 4.31 Å². The van der Waals surface area contributed by atoms with Gasteiger partial charge in [0.05, 0.1) is 11.4 Å². The van der Waals surface area contributed by atoms with E-state index in [1.54, 1.807) is 12.1 Å². The van der Waals surface area contributed by atoms with Crippen molar-refractivity contribution in [2.24, 2.45) is 17.6 Å². The molecule has 1 aliphatic carbocycles. The van der Waals surface area contributed by atoms with Gasteiger partial charge in [0.15, 0.2) is 0 Å². The first-order valence-electron chi connectivity index (χ1n) is 14.0. The summed E-state index contributed by atoms with van der Waals surface area (Å²) < 4.78 is 29.0. The SMILES string of the molecule is Cc1ccccc1-c1ccc(S(=O)(=O)N(CC(=O)NCC2CCC(CN)CC2)C[C@H](C)c2ccccc2)cc1. The molecule has 6 nitrogen and oxygen atoms in total. The van der Waals surface area contributed by atoms with E-state index < -0.39 is 10.0 Å². The van der Waals surface area contributed by atoms with Crippen LogP contribution in [0.25, 0.3) is 11.1 Å². The predicted octanol–water partition coefficient (Wildman–Crippen LogP) is 5.34. The molecular weight excluding hydrogens is 506 g/mol. The predicted molar refractivity (Wildman–Crippen MR) is 158 cm³/mol. The Morgan fingerprint density at radius 3 is 2.18 bits per heavy atom. The Hall–Kier alpha value is -3.00. The second-order valence-corrected chi connectivity index (χ2v) is 12.8. The number of rotatable bonds is 11. The van der Waals surface area contributed by atoms with Gasteiger partial charge in [-0.15, -0.1) is 0 Å². The second kappa shape index (κ2) is 13.4. The van der Waals surface area contributed by atoms with Crippen LogP contribution in [0, 0.1) is 18.8 Å². The van der Waals surface area contributed by atoms with E-state index in [0.29, 0.717) is 18.4 Å². The first-order valence-corrected chi connectivity index (χ1v) is 15.4. The minimum atomic E-state index is -3.90. The van der Waals surface area contributed by atoms with Crippen LogP contribution in [0.2, 0.25) is 0 Å². The van der Waals surface area contributed by atoms with Gasteiger partial charge >= 0.3 is 0 Å². The highest BCUT2D eigenvalue weighted by Gasteiger charge is 2.29. The molecule has 3 N–H and O–H groups in total. The van der Waals surface area contributed by atoms with E-state index in [9.17, 15) is 13.2 Å². The minimum absolute atomic E-state index is 0.0773. The Morgan fingerprint density at radius 1 is 0.923 bits per heavy atom. The molecule has 208 valence electrons. The van der Waals surface area contributed by atoms with Crippen LogP contribution >= 0.6 is 0 Å². The molecular formula is C32H41N3O3S. The number of nitrogens with two attached hydrogens (primary N) is 1. The van der Waals surface area contributed by atoms with Crippen LogP contribution in [0.5, 0.6) is 0 Å². The van der Waals surface area contributed by atoms with Crippen LogP contribution in [0.1, 0.15) is 49.7 Å². The zero-order valence-corrected chi connectivity index (χ0v) is 23.9. The fraction of sp³-hybridized carbons (Fsp3) is 0.406. The second-order valence-electron chi connectivity index (χ2n) is 10.9. The number of nitrogens with zero attached hydrogens (tertiary/aromatic N) is 1. The topological polar surface area (TPSA) is 92.5 Å². The van der Waals surface area contributed by atoms with Crippen molar-refractivity contribution in [3.05, 3.63) is 90.0 Å². The fourth-order valence-electron chi connectivity index (χ4n) is 5.44. The molecule has 4 rings (SSSR count). The molecule has 0 spiro atoms. The summed E-state index contributed by atoms with van der Waals surface area (Å²) >= 11 is 0. The van der Waals surface area contributed by atoms with Crippen LogP contribution in [0.15, 0.2) is 83.8 Å². The zero-order valence-electron chi connectivity index (χ0n) is 23.1. The average molecular weight is 548 g/mol. The lowest BCUT2D eigenvalue weighted by molar-refractivity contribution is -0.121. The lowest BCUT2D eigenvalue weighted by atomic mass is 9.82. The number of sulfonamides is 1. The standard InChI is InChI=1S/C32H41N3O3S/c1-24-8-6-7-11-31(24)29-16-18-30(19-17-29)39(37,38)35(22-25(2)28-9-4-3-5-10-28)23-32(36)34-21-27-14-12-26(20-33)13-15-27/h3-11,16-19,25-27H,12-15,20-23,33H2,1-2H3,(H,34,36)/t25-,26?,27?/m0/s1. The van der Waals surface area contributed by atoms with Gasteiger partial charge in [0.2, 0.25) is 15.9 Å². The molecule has 1 amide bonds. The lowest BCUT2D eigenvalue weighted by Gasteiger charge is -2.28. The quantitative estimate of drug-likeness (QED) is 0.339. The first kappa shape index (κ1) is 29.0. The van der Waals surface area contributed by atoms with E-state index >= 15 is 0 Å². The number of hydrogen-bond donors (Lipinski definition) is 2. The Morgan fingerprint density at radius 2 is 1.54 bits per heavy atom. The monoisotopic (exact) mass is 547 g/mol. The highest BCUT2D eigenvalue weighted by Crippen LogP contribution is 2.28. The van der Waals surface area contributed by atoms with Crippen molar-refractivity contribution in [2.75, 3.05) is 26.2 Å². The number of hydrogen-bond acceptors (Lipinski definition) is 4. The van der Waals surface area contributed by atoms with Crippen LogP contribution in [-0.2, 0) is 14.8 Å². The molecule has 0 radical (unpaired) electrons. The van der Waals surface area contributed by atoms with Gasteiger partial charge in [-0.3, -0.25) is 4.79 Å². The molecule has 0 heterocycles. The van der Waals surface area contributed by atoms with Crippen LogP contribution in [-0.4, -0.2) is 44.8 Å². The largest absolute Gasteiger partial charge is 0.355 e. The maximum atomic E-state index is 13.9. The third kappa shape index (κ3) is 7.56. The van der Waals surface area contributed by atoms with Crippen molar-refractivity contribution in [3.63, 3.8) is 0 Å². The molecule has 1 fully saturated rings. The van der Waals surface area contributed by atoms with Gasteiger partial charge < -0.3 is 11.1 Å². The number of benzene rings is 3. The number of carbonyl (C=O) groups is 1. The molecule has 0 aliphatic heterocycles. The van der Waals surface area contributed by atoms with Crippen molar-refractivity contribution in [1.82, 2.24) is 9.62 Å². The summed E-state index contributed by atoms with van der Waals surface area (Å²) in [6, 6.07) is 24.8. The Kier molecular flexibility index (Phi) is 9.94. The van der Waals surface area contributed by atoms with E-state index in [-0.39, 0.29) is 29.8 Å². The summed E-state index contributed by atoms with van der Waals surface area (Å²) in [5.74, 6) is 0.649. The molecule has 0 bridgehead atoms. The molecule has 1 atom stereocenters. The molecule has 39 heavy (non-hydrogen) atoms. The molecule has 7 heteroatoms. The molecule has 3 aromatic carbocycles. The molecule has 1 aliphatic rings. The van der Waals surface area contributed by atoms with Gasteiger partial charge in [0.1, 0.15) is 0 Å². The van der Waals surface area contributed by atoms with Crippen LogP contribution in [0.4, 0.5) is 0 Å². The normalized spacial score (nSPS) is 18.6. The summed E-state index contributed by atoms with van der Waals surface area (Å²) in [6.07, 6.45) is 4.26. The number of aryl methyl sites for hydroxylation is 1. The van der Waals surface area contributed by atoms with E-state index in [4.69, 9.17) is 5.73 Å². The van der Waals surface area contributed by atoms with Gasteiger partial charge in [-0.05, 0) is 91.3 Å². The van der Waals surface area contributed by atoms with E-state index in [1.807, 2.05) is 80.6 Å². The van der Waals surface area contributed by atoms with Crippen LogP contribution in [0.3, 0.4) is 0 Å². The Bertz CT molecular complexity index is 1320. The average Bonchev–Trinajstić information content (AvgIpc) is 2.96. The highest BCUT2D eigenvalue weighted by molar-refractivity contribution is 7.89. The molecule has 0 saturated heterocycles. The zero-order chi connectivity index (χ0) is 27.8. The highest BCUT2D eigenvalue weighted by atomic mass is 32.2. The maximum absolute atomic E-state index is 13.9. The maximum Gasteiger partial charge on any atom is 0.243 e. The van der Waals surface area contributed by atoms with Gasteiger partial charge in [-0.1, -0.05) is 73.7 Å². The van der Waals surface area contributed by atoms with Crippen LogP contribution < -0.4 is 11.1 Å². The number of carbonyl (C=O) groups excluding carboxylic acids is 1. The van der Waals surface area contributed by atoms with Gasteiger partial charge in [-0.25, -0.2) is 8.42 Å². The Labute approximate surface area is 233 Å². The van der Waals surface area contributed by atoms with Gasteiger partial charge in [-0.2, -0.15) is 4.31 Å². The van der Waals surface area contributed by atoms with E-state index in [2.05, 4.69) is 5.32 Å². The molecule has 0 aromatic heterocycles. The minimum Gasteiger partial charge on any atom is -0.355 e. The summed E-state index contributed by atoms with van der Waals surface area (Å²) in [5.41, 5.74) is 9.99. The van der Waals surface area contributed by atoms with Gasteiger partial charge in [0.25, 0.3) is 0 Å². The molecule has 1 saturated carbocycles. The molecule has 0 unspecified atom stereocenters. The Balaban J connectivity index is 1.50. The summed E-state index contributed by atoms with van der Waals surface area (Å²) in [4.78, 5) is 13.2. The third-order valence-electron chi connectivity index (χ3n) is 8.00. The summed E-state index contributed by atoms with van der Waals surface area (Å²) in [7, 11) is -3.90. The van der Waals surface area contributed by atoms with E-state index in [0.717, 1.165) is 54.5 Å². The van der Waals surface area contributed by atoms with Gasteiger partial charge in [0, 0.05) is 13.1 Å². The van der Waals surface area contributed by atoms with Crippen molar-refractivity contribution in [2.45, 2.75) is 50.3 Å². The number of nitrogens with one attached hydrogen (secondary N) is 1. The van der Waals surface area contributed by atoms with Crippen molar-refractivity contribution in [1.29, 1.82) is 0 Å². The molecule has 3 aromatic rings. The summed E-state index contributed by atoms with van der Waals surface area (Å²) in [6.45, 7) is 5.32. The lowest BCUT2D eigenvalue weighted by Crippen LogP contribution is -2.43. The fourth-order valence-corrected chi connectivity index (χ4v) is 6.92. The first-order chi connectivity index (χ1) is 18.8.